The maximum absolute atomic E-state index is 12.7. The molecule has 0 aromatic carbocycles. The molecular weight excluding hydrogens is 288 g/mol. The predicted molar refractivity (Wildman–Crippen MR) is 56.8 cm³/mol. The second kappa shape index (κ2) is 5.35. The van der Waals surface area contributed by atoms with Crippen LogP contribution in [0.2, 0.25) is 0 Å². The molecule has 8 heteroatoms. The Morgan fingerprint density at radius 1 is 1.62 bits per heavy atom. The predicted octanol–water partition coefficient (Wildman–Crippen LogP) is 1.29. The van der Waals surface area contributed by atoms with E-state index in [9.17, 15) is 8.78 Å². The highest BCUT2D eigenvalue weighted by Gasteiger charge is 2.27. The molecule has 0 aliphatic carbocycles. The molecule has 1 heterocycles. The molecule has 0 saturated heterocycles. The van der Waals surface area contributed by atoms with Crippen molar-refractivity contribution in [3.8, 4) is 5.88 Å². The van der Waals surface area contributed by atoms with Gasteiger partial charge in [0.1, 0.15) is 6.61 Å². The van der Waals surface area contributed by atoms with E-state index in [1.165, 1.54) is 13.3 Å². The molecule has 1 aromatic heterocycles. The highest BCUT2D eigenvalue weighted by Crippen LogP contribution is 2.22. The van der Waals surface area contributed by atoms with Crippen LogP contribution in [-0.4, -0.2) is 41.3 Å². The Balaban J connectivity index is 2.68. The molecule has 0 atom stereocenters. The molecule has 0 unspecified atom stereocenters. The number of ether oxygens (including phenoxy) is 1. The number of alkyl halides is 2. The van der Waals surface area contributed by atoms with Crippen LogP contribution in [0.25, 0.3) is 0 Å². The van der Waals surface area contributed by atoms with Crippen LogP contribution in [0, 0.1) is 0 Å². The van der Waals surface area contributed by atoms with Crippen LogP contribution in [0.15, 0.2) is 10.7 Å². The van der Waals surface area contributed by atoms with E-state index in [1.807, 2.05) is 0 Å². The van der Waals surface area contributed by atoms with Gasteiger partial charge < -0.3 is 15.2 Å². The van der Waals surface area contributed by atoms with Crippen molar-refractivity contribution < 1.29 is 18.6 Å². The zero-order valence-corrected chi connectivity index (χ0v) is 9.96. The van der Waals surface area contributed by atoms with E-state index in [4.69, 9.17) is 9.84 Å². The Morgan fingerprint density at radius 3 is 2.88 bits per heavy atom. The van der Waals surface area contributed by atoms with Crippen molar-refractivity contribution in [3.05, 3.63) is 10.7 Å². The lowest BCUT2D eigenvalue weighted by atomic mass is 10.3. The van der Waals surface area contributed by atoms with E-state index in [1.54, 1.807) is 0 Å². The lowest BCUT2D eigenvalue weighted by molar-refractivity contribution is -0.0374. The molecule has 0 fully saturated rings. The van der Waals surface area contributed by atoms with Gasteiger partial charge in [-0.1, -0.05) is 0 Å². The molecule has 0 saturated carbocycles. The van der Waals surface area contributed by atoms with Crippen LogP contribution in [-0.2, 0) is 0 Å². The second-order valence-electron chi connectivity index (χ2n) is 2.92. The maximum atomic E-state index is 12.7. The average Bonchev–Trinajstić information content (AvgIpc) is 2.28. The van der Waals surface area contributed by atoms with Gasteiger partial charge in [0, 0.05) is 0 Å². The fourth-order valence-corrected chi connectivity index (χ4v) is 1.20. The van der Waals surface area contributed by atoms with E-state index < -0.39 is 19.1 Å². The van der Waals surface area contributed by atoms with Gasteiger partial charge in [-0.3, -0.25) is 0 Å². The van der Waals surface area contributed by atoms with Gasteiger partial charge in [-0.2, -0.15) is 4.98 Å². The third-order valence-corrected chi connectivity index (χ3v) is 2.19. The number of hydrogen-bond acceptors (Lipinski definition) is 5. The van der Waals surface area contributed by atoms with Gasteiger partial charge in [0.15, 0.2) is 0 Å². The summed E-state index contributed by atoms with van der Waals surface area (Å²) in [7, 11) is 1.40. The van der Waals surface area contributed by atoms with Crippen molar-refractivity contribution in [2.75, 3.05) is 25.6 Å². The van der Waals surface area contributed by atoms with Crippen molar-refractivity contribution >= 4 is 21.9 Å². The second-order valence-corrected chi connectivity index (χ2v) is 3.77. The lowest BCUT2D eigenvalue weighted by Crippen LogP contribution is -2.31. The fourth-order valence-electron chi connectivity index (χ4n) is 0.844. The minimum atomic E-state index is -3.20. The lowest BCUT2D eigenvalue weighted by Gasteiger charge is -2.14. The molecule has 1 rings (SSSR count). The van der Waals surface area contributed by atoms with E-state index in [-0.39, 0.29) is 11.8 Å². The Morgan fingerprint density at radius 2 is 2.31 bits per heavy atom. The quantitative estimate of drug-likeness (QED) is 0.857. The number of methoxy groups -OCH3 is 1. The number of anilines is 1. The van der Waals surface area contributed by atoms with Crippen molar-refractivity contribution in [3.63, 3.8) is 0 Å². The first-order valence-electron chi connectivity index (χ1n) is 4.27. The highest BCUT2D eigenvalue weighted by molar-refractivity contribution is 9.10. The van der Waals surface area contributed by atoms with E-state index in [0.717, 1.165) is 0 Å². The Hall–Kier alpha value is -1.02. The third-order valence-electron chi connectivity index (χ3n) is 1.64. The van der Waals surface area contributed by atoms with Crippen LogP contribution in [0.5, 0.6) is 5.88 Å². The Kier molecular flexibility index (Phi) is 4.36. The number of rotatable bonds is 5. The fraction of sp³-hybridized carbons (Fsp3) is 0.500. The van der Waals surface area contributed by atoms with Crippen molar-refractivity contribution in [2.24, 2.45) is 0 Å². The Bertz CT molecular complexity index is 365. The molecule has 0 amide bonds. The van der Waals surface area contributed by atoms with Crippen LogP contribution < -0.4 is 10.1 Å². The van der Waals surface area contributed by atoms with Gasteiger partial charge >= 0.3 is 0 Å². The summed E-state index contributed by atoms with van der Waals surface area (Å²) in [6.45, 7) is -1.97. The average molecular weight is 298 g/mol. The smallest absolute Gasteiger partial charge is 0.287 e. The number of aromatic nitrogens is 2. The summed E-state index contributed by atoms with van der Waals surface area (Å²) in [6.07, 6.45) is 1.38. The molecule has 1 aromatic rings. The molecule has 0 radical (unpaired) electrons. The van der Waals surface area contributed by atoms with Gasteiger partial charge in [-0.25, -0.2) is 13.8 Å². The first-order chi connectivity index (χ1) is 7.48. The van der Waals surface area contributed by atoms with Crippen molar-refractivity contribution in [2.45, 2.75) is 5.92 Å². The minimum absolute atomic E-state index is 0.00757. The Labute approximate surface area is 99.0 Å². The molecule has 0 aliphatic heterocycles. The SMILES string of the molecule is COc1nc(NCC(F)(F)CO)ncc1Br. The van der Waals surface area contributed by atoms with Crippen LogP contribution in [0.3, 0.4) is 0 Å². The minimum Gasteiger partial charge on any atom is -0.480 e. The van der Waals surface area contributed by atoms with Gasteiger partial charge in [0.2, 0.25) is 11.8 Å². The van der Waals surface area contributed by atoms with Crippen LogP contribution >= 0.6 is 15.9 Å². The van der Waals surface area contributed by atoms with Crippen molar-refractivity contribution in [1.82, 2.24) is 9.97 Å². The zero-order chi connectivity index (χ0) is 12.2. The molecule has 0 spiro atoms. The first-order valence-corrected chi connectivity index (χ1v) is 5.07. The summed E-state index contributed by atoms with van der Waals surface area (Å²) in [5, 5.41) is 10.7. The number of aliphatic hydroxyl groups excluding tert-OH is 1. The van der Waals surface area contributed by atoms with Gasteiger partial charge in [-0.05, 0) is 15.9 Å². The van der Waals surface area contributed by atoms with Crippen molar-refractivity contribution in [1.29, 1.82) is 0 Å². The topological polar surface area (TPSA) is 67.3 Å². The molecule has 2 N–H and O–H groups in total. The molecule has 0 aliphatic rings. The molecular formula is C8H10BrF2N3O2. The molecule has 90 valence electrons. The molecule has 0 bridgehead atoms. The summed E-state index contributed by atoms with van der Waals surface area (Å²) in [5.41, 5.74) is 0. The molecule has 5 nitrogen and oxygen atoms in total. The largest absolute Gasteiger partial charge is 0.480 e. The number of halogens is 3. The summed E-state index contributed by atoms with van der Waals surface area (Å²) in [5.74, 6) is -2.96. The zero-order valence-electron chi connectivity index (χ0n) is 8.38. The molecule has 16 heavy (non-hydrogen) atoms. The standard InChI is InChI=1S/C8H10BrF2N3O2/c1-16-6-5(9)2-12-7(14-6)13-3-8(10,11)4-15/h2,15H,3-4H2,1H3,(H,12,13,14). The normalized spacial score (nSPS) is 11.3. The van der Waals surface area contributed by atoms with Gasteiger partial charge in [0.25, 0.3) is 5.92 Å². The monoisotopic (exact) mass is 297 g/mol. The van der Waals surface area contributed by atoms with Gasteiger partial charge in [0.05, 0.1) is 24.3 Å². The summed E-state index contributed by atoms with van der Waals surface area (Å²) in [4.78, 5) is 7.58. The number of nitrogens with one attached hydrogen (secondary N) is 1. The van der Waals surface area contributed by atoms with Crippen LogP contribution in [0.1, 0.15) is 0 Å². The summed E-state index contributed by atoms with van der Waals surface area (Å²) < 4.78 is 30.8. The number of aliphatic hydroxyl groups is 1. The van der Waals surface area contributed by atoms with E-state index in [0.29, 0.717) is 4.47 Å². The van der Waals surface area contributed by atoms with Crippen LogP contribution in [0.4, 0.5) is 14.7 Å². The summed E-state index contributed by atoms with van der Waals surface area (Å²) in [6, 6.07) is 0. The first kappa shape index (κ1) is 13.0. The number of hydrogen-bond donors (Lipinski definition) is 2. The van der Waals surface area contributed by atoms with E-state index >= 15 is 0 Å². The third kappa shape index (κ3) is 3.53. The van der Waals surface area contributed by atoms with E-state index in [2.05, 4.69) is 31.2 Å². The highest BCUT2D eigenvalue weighted by atomic mass is 79.9. The number of nitrogens with zero attached hydrogens (tertiary/aromatic N) is 2. The summed E-state index contributed by atoms with van der Waals surface area (Å²) >= 11 is 3.13. The maximum Gasteiger partial charge on any atom is 0.287 e. The van der Waals surface area contributed by atoms with Gasteiger partial charge in [-0.15, -0.1) is 0 Å².